The molecule has 2 aromatic rings. The van der Waals surface area contributed by atoms with Gasteiger partial charge in [0.25, 0.3) is 0 Å². The van der Waals surface area contributed by atoms with Crippen LogP contribution in [0, 0.1) is 17.1 Å². The van der Waals surface area contributed by atoms with E-state index in [0.717, 1.165) is 12.1 Å². The summed E-state index contributed by atoms with van der Waals surface area (Å²) in [7, 11) is 0. The van der Waals surface area contributed by atoms with Crippen LogP contribution in [-0.4, -0.2) is 24.7 Å². The van der Waals surface area contributed by atoms with Crippen molar-refractivity contribution in [3.05, 3.63) is 53.3 Å². The normalized spacial score (nSPS) is 20.3. The Morgan fingerprint density at radius 2 is 2.00 bits per heavy atom. The molecule has 4 rings (SSSR count). The van der Waals surface area contributed by atoms with E-state index in [0.29, 0.717) is 36.4 Å². The van der Waals surface area contributed by atoms with E-state index in [1.54, 1.807) is 29.2 Å². The van der Waals surface area contributed by atoms with Gasteiger partial charge in [0, 0.05) is 18.2 Å². The summed E-state index contributed by atoms with van der Waals surface area (Å²) >= 11 is 0. The van der Waals surface area contributed by atoms with Crippen molar-refractivity contribution < 1.29 is 27.1 Å². The number of carbonyl (C=O) groups is 1. The van der Waals surface area contributed by atoms with E-state index in [-0.39, 0.29) is 11.3 Å². The smallest absolute Gasteiger partial charge is 0.455 e. The lowest BCUT2D eigenvalue weighted by Crippen LogP contribution is -2.52. The maximum atomic E-state index is 14.0. The molecule has 2 aromatic carbocycles. The van der Waals surface area contributed by atoms with Crippen molar-refractivity contribution in [3.63, 3.8) is 0 Å². The van der Waals surface area contributed by atoms with Crippen molar-refractivity contribution in [1.29, 1.82) is 5.26 Å². The molecule has 1 fully saturated rings. The van der Waals surface area contributed by atoms with Gasteiger partial charge in [-0.2, -0.15) is 18.4 Å². The SMILES string of the molecule is N#Cc1cc(F)cc2c1N1CCC[C@H](NC(=O)C(F)(F)F)[C@H]1c1ccccc1O2. The number of alkyl halides is 3. The molecular formula is C20H15F4N3O2. The number of benzene rings is 2. The van der Waals surface area contributed by atoms with Crippen molar-refractivity contribution >= 4 is 11.6 Å². The fourth-order valence-corrected chi connectivity index (χ4v) is 4.00. The van der Waals surface area contributed by atoms with E-state index < -0.39 is 30.0 Å². The molecule has 0 radical (unpaired) electrons. The van der Waals surface area contributed by atoms with E-state index in [9.17, 15) is 27.6 Å². The number of nitrogens with zero attached hydrogens (tertiary/aromatic N) is 2. The second-order valence-electron chi connectivity index (χ2n) is 6.91. The van der Waals surface area contributed by atoms with Gasteiger partial charge in [0.05, 0.1) is 23.3 Å². The molecule has 0 aliphatic carbocycles. The maximum absolute atomic E-state index is 14.0. The van der Waals surface area contributed by atoms with Crippen LogP contribution in [-0.2, 0) is 4.79 Å². The number of piperidine rings is 1. The number of fused-ring (bicyclic) bond motifs is 5. The number of nitriles is 1. The number of para-hydroxylation sites is 1. The zero-order chi connectivity index (χ0) is 20.8. The number of rotatable bonds is 1. The largest absolute Gasteiger partial charge is 0.471 e. The van der Waals surface area contributed by atoms with Gasteiger partial charge in [0.2, 0.25) is 0 Å². The molecule has 0 aromatic heterocycles. The number of carbonyl (C=O) groups excluding carboxylic acids is 1. The first-order valence-electron chi connectivity index (χ1n) is 8.94. The van der Waals surface area contributed by atoms with Gasteiger partial charge in [-0.25, -0.2) is 4.39 Å². The lowest BCUT2D eigenvalue weighted by Gasteiger charge is -2.42. The fourth-order valence-electron chi connectivity index (χ4n) is 4.00. The molecule has 9 heteroatoms. The highest BCUT2D eigenvalue weighted by Crippen LogP contribution is 2.49. The Balaban J connectivity index is 1.87. The zero-order valence-corrected chi connectivity index (χ0v) is 15.0. The van der Waals surface area contributed by atoms with Crippen molar-refractivity contribution in [2.75, 3.05) is 11.4 Å². The second kappa shape index (κ2) is 6.95. The summed E-state index contributed by atoms with van der Waals surface area (Å²) in [5, 5.41) is 11.6. The standard InChI is InChI=1S/C20H15F4N3O2/c21-12-8-11(10-25)17-16(9-12)29-15-6-2-1-4-13(15)18-14(5-3-7-27(17)18)26-19(28)20(22,23)24/h1-2,4,6,8-9,14,18H,3,5,7H2,(H,26,28)/t14-,18+/m0/s1. The summed E-state index contributed by atoms with van der Waals surface area (Å²) in [5.74, 6) is -2.23. The Hall–Kier alpha value is -3.28. The number of hydrogen-bond acceptors (Lipinski definition) is 4. The predicted octanol–water partition coefficient (Wildman–Crippen LogP) is 4.19. The summed E-state index contributed by atoms with van der Waals surface area (Å²) in [6.45, 7) is 0.411. The summed E-state index contributed by atoms with van der Waals surface area (Å²) in [6.07, 6.45) is -4.22. The predicted molar refractivity (Wildman–Crippen MR) is 94.9 cm³/mol. The van der Waals surface area contributed by atoms with Crippen LogP contribution in [0.15, 0.2) is 36.4 Å². The number of nitrogens with one attached hydrogen (secondary N) is 1. The minimum atomic E-state index is -5.01. The van der Waals surface area contributed by atoms with Gasteiger partial charge in [0.15, 0.2) is 5.75 Å². The van der Waals surface area contributed by atoms with Crippen LogP contribution in [0.5, 0.6) is 11.5 Å². The summed E-state index contributed by atoms with van der Waals surface area (Å²) in [5.41, 5.74) is 0.877. The molecular weight excluding hydrogens is 390 g/mol. The quantitative estimate of drug-likeness (QED) is 0.723. The Bertz CT molecular complexity index is 1020. The molecule has 150 valence electrons. The highest BCUT2D eigenvalue weighted by atomic mass is 19.4. The van der Waals surface area contributed by atoms with Crippen LogP contribution in [0.3, 0.4) is 0 Å². The van der Waals surface area contributed by atoms with E-state index in [2.05, 4.69) is 5.32 Å². The minimum absolute atomic E-state index is 0.0144. The van der Waals surface area contributed by atoms with Crippen molar-refractivity contribution in [2.24, 2.45) is 0 Å². The van der Waals surface area contributed by atoms with Crippen molar-refractivity contribution in [2.45, 2.75) is 31.1 Å². The Kier molecular flexibility index (Phi) is 4.57. The molecule has 2 heterocycles. The molecule has 1 saturated heterocycles. The van der Waals surface area contributed by atoms with Crippen molar-refractivity contribution in [1.82, 2.24) is 5.32 Å². The monoisotopic (exact) mass is 405 g/mol. The Morgan fingerprint density at radius 1 is 1.24 bits per heavy atom. The summed E-state index contributed by atoms with van der Waals surface area (Å²) in [6, 6.07) is 9.28. The molecule has 2 aliphatic heterocycles. The highest BCUT2D eigenvalue weighted by Gasteiger charge is 2.45. The van der Waals surface area contributed by atoms with Gasteiger partial charge in [-0.15, -0.1) is 0 Å². The highest BCUT2D eigenvalue weighted by molar-refractivity contribution is 5.82. The number of halogens is 4. The van der Waals surface area contributed by atoms with Crippen LogP contribution in [0.2, 0.25) is 0 Å². The number of ether oxygens (including phenoxy) is 1. The van der Waals surface area contributed by atoms with Crippen LogP contribution in [0.1, 0.15) is 30.0 Å². The second-order valence-corrected chi connectivity index (χ2v) is 6.91. The van der Waals surface area contributed by atoms with Crippen LogP contribution in [0.25, 0.3) is 0 Å². The third kappa shape index (κ3) is 3.35. The summed E-state index contributed by atoms with van der Waals surface area (Å²) < 4.78 is 58.5. The lowest BCUT2D eigenvalue weighted by atomic mass is 9.89. The van der Waals surface area contributed by atoms with E-state index in [1.807, 2.05) is 6.07 Å². The zero-order valence-electron chi connectivity index (χ0n) is 15.0. The van der Waals surface area contributed by atoms with Gasteiger partial charge in [0.1, 0.15) is 17.6 Å². The lowest BCUT2D eigenvalue weighted by molar-refractivity contribution is -0.174. The van der Waals surface area contributed by atoms with Gasteiger partial charge in [-0.05, 0) is 25.0 Å². The molecule has 0 bridgehead atoms. The Morgan fingerprint density at radius 3 is 2.72 bits per heavy atom. The van der Waals surface area contributed by atoms with Crippen LogP contribution < -0.4 is 15.0 Å². The topological polar surface area (TPSA) is 65.4 Å². The number of hydrogen-bond donors (Lipinski definition) is 1. The molecule has 0 spiro atoms. The fraction of sp³-hybridized carbons (Fsp3) is 0.300. The maximum Gasteiger partial charge on any atom is 0.471 e. The first-order chi connectivity index (χ1) is 13.8. The number of amides is 1. The average molecular weight is 405 g/mol. The molecule has 1 amide bonds. The van der Waals surface area contributed by atoms with Gasteiger partial charge in [-0.3, -0.25) is 4.79 Å². The molecule has 0 unspecified atom stereocenters. The summed E-state index contributed by atoms with van der Waals surface area (Å²) in [4.78, 5) is 13.4. The molecule has 1 N–H and O–H groups in total. The third-order valence-corrected chi connectivity index (χ3v) is 5.11. The van der Waals surface area contributed by atoms with E-state index >= 15 is 0 Å². The first-order valence-corrected chi connectivity index (χ1v) is 8.94. The molecule has 2 aliphatic rings. The van der Waals surface area contributed by atoms with Gasteiger partial charge >= 0.3 is 12.1 Å². The van der Waals surface area contributed by atoms with E-state index in [1.165, 1.54) is 0 Å². The minimum Gasteiger partial charge on any atom is -0.455 e. The molecule has 5 nitrogen and oxygen atoms in total. The molecule has 2 atom stereocenters. The Labute approximate surface area is 163 Å². The van der Waals surface area contributed by atoms with Crippen LogP contribution >= 0.6 is 0 Å². The molecule has 0 saturated carbocycles. The van der Waals surface area contributed by atoms with Crippen molar-refractivity contribution in [3.8, 4) is 17.6 Å². The number of anilines is 1. The van der Waals surface area contributed by atoms with Gasteiger partial charge in [-0.1, -0.05) is 18.2 Å². The average Bonchev–Trinajstić information content (AvgIpc) is 2.81. The first kappa shape index (κ1) is 19.1. The molecule has 29 heavy (non-hydrogen) atoms. The van der Waals surface area contributed by atoms with Gasteiger partial charge < -0.3 is 15.0 Å². The van der Waals surface area contributed by atoms with Crippen LogP contribution in [0.4, 0.5) is 23.2 Å². The third-order valence-electron chi connectivity index (χ3n) is 5.11. The van der Waals surface area contributed by atoms with E-state index in [4.69, 9.17) is 4.74 Å².